The standard InChI is InChI=1S/C21H21F3N4O2S2.CH2O2/c1-13(28-6-3-7-28)15-4-2-5-17(22)16(15)10-25-14-8-18(23)21(19(24)9-14)32(29,30)27-20-11-31-12-26-20;2-1-3/h2,4-5,8-9,11-13,25,27H,3,6-7,10H2,1H3;1H,(H,2,3)/t13-;/m0./s1. The van der Waals surface area contributed by atoms with Gasteiger partial charge in [-0.1, -0.05) is 12.1 Å². The lowest BCUT2D eigenvalue weighted by atomic mass is 9.97. The molecule has 4 rings (SSSR count). The number of halogens is 3. The molecule has 1 saturated heterocycles. The van der Waals surface area contributed by atoms with E-state index in [0.29, 0.717) is 5.56 Å². The van der Waals surface area contributed by atoms with E-state index in [2.05, 4.69) is 15.2 Å². The van der Waals surface area contributed by atoms with Gasteiger partial charge in [0.15, 0.2) is 10.7 Å². The van der Waals surface area contributed by atoms with Gasteiger partial charge in [0.1, 0.15) is 17.5 Å². The lowest BCUT2D eigenvalue weighted by Gasteiger charge is -2.37. The van der Waals surface area contributed by atoms with E-state index in [4.69, 9.17) is 9.90 Å². The zero-order valence-corrected chi connectivity index (χ0v) is 20.2. The molecule has 1 aliphatic heterocycles. The summed E-state index contributed by atoms with van der Waals surface area (Å²) in [6, 6.07) is 6.57. The lowest BCUT2D eigenvalue weighted by molar-refractivity contribution is -0.122. The molecule has 1 fully saturated rings. The highest BCUT2D eigenvalue weighted by molar-refractivity contribution is 7.92. The minimum absolute atomic E-state index is 0.00147. The summed E-state index contributed by atoms with van der Waals surface area (Å²) in [7, 11) is -4.51. The highest BCUT2D eigenvalue weighted by Gasteiger charge is 2.27. The van der Waals surface area contributed by atoms with Gasteiger partial charge >= 0.3 is 0 Å². The SMILES string of the molecule is C[C@@H](c1cccc(F)c1CNc1cc(F)c(S(=O)(=O)Nc2cscn2)c(F)c1)N1CCC1.O=CO. The monoisotopic (exact) mass is 528 g/mol. The van der Waals surface area contributed by atoms with Crippen LogP contribution in [0.4, 0.5) is 24.7 Å². The third kappa shape index (κ3) is 6.29. The van der Waals surface area contributed by atoms with Crippen LogP contribution < -0.4 is 10.0 Å². The Balaban J connectivity index is 0.00000108. The maximum absolute atomic E-state index is 14.6. The van der Waals surface area contributed by atoms with E-state index in [1.807, 2.05) is 17.7 Å². The Kier molecular flexibility index (Phi) is 8.70. The molecule has 0 amide bonds. The zero-order valence-electron chi connectivity index (χ0n) is 18.5. The van der Waals surface area contributed by atoms with Crippen molar-refractivity contribution in [1.82, 2.24) is 9.88 Å². The van der Waals surface area contributed by atoms with Gasteiger partial charge in [0.25, 0.3) is 16.5 Å². The number of thiazole rings is 1. The minimum Gasteiger partial charge on any atom is -0.483 e. The molecule has 0 saturated carbocycles. The summed E-state index contributed by atoms with van der Waals surface area (Å²) >= 11 is 1.13. The van der Waals surface area contributed by atoms with Crippen LogP contribution in [0.2, 0.25) is 0 Å². The molecular formula is C22H23F3N4O4S2. The largest absolute Gasteiger partial charge is 0.483 e. The fraction of sp³-hybridized carbons (Fsp3) is 0.273. The number of carboxylic acid groups (broad SMARTS) is 1. The van der Waals surface area contributed by atoms with Crippen LogP contribution in [0.1, 0.15) is 30.5 Å². The molecule has 1 aromatic heterocycles. The number of carbonyl (C=O) groups is 1. The molecule has 8 nitrogen and oxygen atoms in total. The molecule has 0 radical (unpaired) electrons. The fourth-order valence-electron chi connectivity index (χ4n) is 3.64. The molecule has 2 aromatic carbocycles. The van der Waals surface area contributed by atoms with E-state index in [1.165, 1.54) is 17.0 Å². The Labute approximate surface area is 204 Å². The number of sulfonamides is 1. The van der Waals surface area contributed by atoms with Crippen LogP contribution >= 0.6 is 11.3 Å². The van der Waals surface area contributed by atoms with Crippen molar-refractivity contribution in [2.24, 2.45) is 0 Å². The van der Waals surface area contributed by atoms with Crippen molar-refractivity contribution in [2.45, 2.75) is 30.8 Å². The van der Waals surface area contributed by atoms with E-state index < -0.39 is 32.4 Å². The van der Waals surface area contributed by atoms with Crippen molar-refractivity contribution in [2.75, 3.05) is 23.1 Å². The van der Waals surface area contributed by atoms with Gasteiger partial charge in [-0.3, -0.25) is 14.4 Å². The zero-order chi connectivity index (χ0) is 25.6. The molecule has 1 aliphatic rings. The predicted octanol–water partition coefficient (Wildman–Crippen LogP) is 4.44. The summed E-state index contributed by atoms with van der Waals surface area (Å²) < 4.78 is 70.6. The van der Waals surface area contributed by atoms with E-state index in [0.717, 1.165) is 48.5 Å². The van der Waals surface area contributed by atoms with Crippen molar-refractivity contribution < 1.29 is 31.5 Å². The average molecular weight is 529 g/mol. The third-order valence-corrected chi connectivity index (χ3v) is 7.44. The summed E-state index contributed by atoms with van der Waals surface area (Å²) in [5.74, 6) is -2.98. The highest BCUT2D eigenvalue weighted by atomic mass is 32.2. The van der Waals surface area contributed by atoms with Crippen LogP contribution in [-0.4, -0.2) is 43.0 Å². The van der Waals surface area contributed by atoms with E-state index in [9.17, 15) is 21.6 Å². The fourth-order valence-corrected chi connectivity index (χ4v) is 5.32. The Morgan fingerprint density at radius 1 is 1.20 bits per heavy atom. The van der Waals surface area contributed by atoms with Crippen LogP contribution in [0.5, 0.6) is 0 Å². The van der Waals surface area contributed by atoms with E-state index in [1.54, 1.807) is 6.07 Å². The number of rotatable bonds is 8. The topological polar surface area (TPSA) is 112 Å². The van der Waals surface area contributed by atoms with Gasteiger partial charge in [-0.25, -0.2) is 26.6 Å². The van der Waals surface area contributed by atoms with Crippen LogP contribution in [0.25, 0.3) is 0 Å². The molecule has 35 heavy (non-hydrogen) atoms. The molecule has 188 valence electrons. The molecule has 3 aromatic rings. The highest BCUT2D eigenvalue weighted by Crippen LogP contribution is 2.30. The van der Waals surface area contributed by atoms with Gasteiger partial charge in [-0.2, -0.15) is 0 Å². The first-order valence-corrected chi connectivity index (χ1v) is 12.8. The van der Waals surface area contributed by atoms with Gasteiger partial charge in [0.2, 0.25) is 0 Å². The number of nitrogens with zero attached hydrogens (tertiary/aromatic N) is 2. The second-order valence-corrected chi connectivity index (χ2v) is 9.92. The number of nitrogens with one attached hydrogen (secondary N) is 2. The Morgan fingerprint density at radius 3 is 2.40 bits per heavy atom. The maximum atomic E-state index is 14.6. The maximum Gasteiger partial charge on any atom is 0.290 e. The second kappa shape index (κ2) is 11.5. The van der Waals surface area contributed by atoms with Gasteiger partial charge in [-0.15, -0.1) is 11.3 Å². The molecule has 13 heteroatoms. The summed E-state index contributed by atoms with van der Waals surface area (Å²) in [6.07, 6.45) is 1.10. The Morgan fingerprint density at radius 2 is 1.86 bits per heavy atom. The Hall–Kier alpha value is -3.16. The summed E-state index contributed by atoms with van der Waals surface area (Å²) in [5.41, 5.74) is 2.58. The molecule has 0 aliphatic carbocycles. The Bertz CT molecular complexity index is 1250. The lowest BCUT2D eigenvalue weighted by Crippen LogP contribution is -2.39. The average Bonchev–Trinajstić information content (AvgIpc) is 3.23. The number of likely N-dealkylation sites (tertiary alicyclic amines) is 1. The van der Waals surface area contributed by atoms with E-state index in [-0.39, 0.29) is 30.6 Å². The van der Waals surface area contributed by atoms with Gasteiger partial charge in [0, 0.05) is 29.2 Å². The smallest absolute Gasteiger partial charge is 0.290 e. The van der Waals surface area contributed by atoms with Crippen molar-refractivity contribution >= 4 is 39.3 Å². The van der Waals surface area contributed by atoms with Gasteiger partial charge in [0.05, 0.1) is 5.51 Å². The molecule has 2 heterocycles. The molecule has 3 N–H and O–H groups in total. The van der Waals surface area contributed by atoms with Crippen molar-refractivity contribution in [1.29, 1.82) is 0 Å². The second-order valence-electron chi connectivity index (χ2n) is 7.58. The molecule has 0 spiro atoms. The number of anilines is 2. The summed E-state index contributed by atoms with van der Waals surface area (Å²) in [4.78, 5) is 13.2. The number of aromatic nitrogens is 1. The quantitative estimate of drug-likeness (QED) is 0.371. The van der Waals surface area contributed by atoms with Gasteiger partial charge < -0.3 is 10.4 Å². The summed E-state index contributed by atoms with van der Waals surface area (Å²) in [5, 5.41) is 11.1. The number of hydrogen-bond acceptors (Lipinski definition) is 7. The van der Waals surface area contributed by atoms with E-state index >= 15 is 0 Å². The first kappa shape index (κ1) is 26.4. The van der Waals surface area contributed by atoms with Crippen LogP contribution in [0, 0.1) is 17.5 Å². The molecule has 1 atom stereocenters. The predicted molar refractivity (Wildman–Crippen MR) is 126 cm³/mol. The normalized spacial score (nSPS) is 14.3. The molecule has 0 unspecified atom stereocenters. The van der Waals surface area contributed by atoms with Crippen molar-refractivity contribution in [3.05, 3.63) is 69.8 Å². The first-order valence-electron chi connectivity index (χ1n) is 10.4. The minimum atomic E-state index is -4.51. The molecule has 0 bridgehead atoms. The van der Waals surface area contributed by atoms with Crippen LogP contribution in [0.15, 0.2) is 46.1 Å². The van der Waals surface area contributed by atoms with Crippen molar-refractivity contribution in [3.63, 3.8) is 0 Å². The van der Waals surface area contributed by atoms with Crippen LogP contribution in [0.3, 0.4) is 0 Å². The number of benzene rings is 2. The first-order chi connectivity index (χ1) is 16.7. The molecular weight excluding hydrogens is 505 g/mol. The third-order valence-electron chi connectivity index (χ3n) is 5.45. The van der Waals surface area contributed by atoms with Crippen molar-refractivity contribution in [3.8, 4) is 0 Å². The number of hydrogen-bond donors (Lipinski definition) is 3. The summed E-state index contributed by atoms with van der Waals surface area (Å²) in [6.45, 7) is 3.60. The van der Waals surface area contributed by atoms with Gasteiger partial charge in [-0.05, 0) is 50.2 Å². The van der Waals surface area contributed by atoms with Crippen LogP contribution in [-0.2, 0) is 21.4 Å².